The molecule has 32 heavy (non-hydrogen) atoms. The minimum absolute atomic E-state index is 0.235. The van der Waals surface area contributed by atoms with Crippen LogP contribution in [0.15, 0.2) is 59.8 Å². The van der Waals surface area contributed by atoms with Gasteiger partial charge in [0.2, 0.25) is 0 Å². The van der Waals surface area contributed by atoms with Gasteiger partial charge < -0.3 is 25.6 Å². The lowest BCUT2D eigenvalue weighted by Crippen LogP contribution is -2.46. The van der Waals surface area contributed by atoms with Crippen molar-refractivity contribution < 1.29 is 14.3 Å². The number of hydrogen-bond donors (Lipinski definition) is 3. The first-order valence-corrected chi connectivity index (χ1v) is 10.8. The summed E-state index contributed by atoms with van der Waals surface area (Å²) in [5, 5.41) is 9.36. The highest BCUT2D eigenvalue weighted by atomic mass is 32.1. The molecule has 1 aliphatic heterocycles. The average molecular weight is 453 g/mol. The number of esters is 1. The summed E-state index contributed by atoms with van der Waals surface area (Å²) >= 11 is 5.43. The van der Waals surface area contributed by atoms with Crippen molar-refractivity contribution >= 4 is 40.7 Å². The summed E-state index contributed by atoms with van der Waals surface area (Å²) < 4.78 is 5.46. The van der Waals surface area contributed by atoms with Crippen LogP contribution in [0.4, 0.5) is 16.2 Å². The Labute approximate surface area is 193 Å². The number of benzene rings is 2. The molecule has 0 fully saturated rings. The van der Waals surface area contributed by atoms with Crippen LogP contribution >= 0.6 is 12.2 Å². The minimum atomic E-state index is -0.444. The Hall–Kier alpha value is -3.39. The van der Waals surface area contributed by atoms with Gasteiger partial charge in [-0.3, -0.25) is 0 Å². The lowest BCUT2D eigenvalue weighted by atomic mass is 9.95. The molecule has 1 unspecified atom stereocenters. The smallest absolute Gasteiger partial charge is 0.338 e. The molecule has 0 saturated heterocycles. The van der Waals surface area contributed by atoms with Crippen LogP contribution in [0.3, 0.4) is 0 Å². The number of nitrogens with one attached hydrogen (secondary N) is 3. The van der Waals surface area contributed by atoms with E-state index in [1.165, 1.54) is 0 Å². The van der Waals surface area contributed by atoms with E-state index in [0.717, 1.165) is 22.5 Å². The van der Waals surface area contributed by atoms with Crippen LogP contribution in [0, 0.1) is 6.92 Å². The van der Waals surface area contributed by atoms with Crippen molar-refractivity contribution in [3.8, 4) is 0 Å². The molecule has 0 bridgehead atoms. The van der Waals surface area contributed by atoms with Crippen molar-refractivity contribution in [1.29, 1.82) is 0 Å². The van der Waals surface area contributed by atoms with Gasteiger partial charge in [0.05, 0.1) is 17.7 Å². The van der Waals surface area contributed by atoms with Gasteiger partial charge in [-0.05, 0) is 75.3 Å². The first-order valence-electron chi connectivity index (χ1n) is 10.4. The molecule has 0 aliphatic carbocycles. The fourth-order valence-electron chi connectivity index (χ4n) is 3.40. The van der Waals surface area contributed by atoms with Crippen LogP contribution in [0.5, 0.6) is 0 Å². The fourth-order valence-corrected chi connectivity index (χ4v) is 3.66. The highest BCUT2D eigenvalue weighted by Gasteiger charge is 2.33. The topological polar surface area (TPSA) is 82.7 Å². The van der Waals surface area contributed by atoms with E-state index in [1.807, 2.05) is 71.1 Å². The Balaban J connectivity index is 1.78. The van der Waals surface area contributed by atoms with E-state index in [9.17, 15) is 9.59 Å². The van der Waals surface area contributed by atoms with Gasteiger partial charge in [0.15, 0.2) is 5.11 Å². The van der Waals surface area contributed by atoms with Crippen LogP contribution in [0.2, 0.25) is 0 Å². The first-order chi connectivity index (χ1) is 15.2. The van der Waals surface area contributed by atoms with E-state index < -0.39 is 6.04 Å². The summed E-state index contributed by atoms with van der Waals surface area (Å²) in [6, 6.07) is 14.1. The number of amides is 2. The van der Waals surface area contributed by atoms with Gasteiger partial charge in [-0.15, -0.1) is 0 Å². The number of aryl methyl sites for hydroxylation is 1. The number of carbonyl (C=O) groups is 2. The second kappa shape index (κ2) is 9.82. The SMILES string of the molecule is CC1=C(C(=O)OC(C)C)C(c2ccc(NC(=O)Nc3cccc(C)c3)cc2)NC(=S)N1C. The Bertz CT molecular complexity index is 1060. The molecule has 7 nitrogen and oxygen atoms in total. The molecule has 1 atom stereocenters. The van der Waals surface area contributed by atoms with Gasteiger partial charge in [0.25, 0.3) is 0 Å². The highest BCUT2D eigenvalue weighted by Crippen LogP contribution is 2.31. The van der Waals surface area contributed by atoms with E-state index in [4.69, 9.17) is 17.0 Å². The summed E-state index contributed by atoms with van der Waals surface area (Å²) in [4.78, 5) is 26.9. The maximum atomic E-state index is 12.8. The van der Waals surface area contributed by atoms with Crippen LogP contribution in [0.1, 0.15) is 37.9 Å². The van der Waals surface area contributed by atoms with Crippen molar-refractivity contribution in [2.24, 2.45) is 0 Å². The number of allylic oxidation sites excluding steroid dienone is 1. The van der Waals surface area contributed by atoms with Crippen LogP contribution in [-0.4, -0.2) is 35.2 Å². The normalized spacial score (nSPS) is 16.0. The largest absolute Gasteiger partial charge is 0.459 e. The number of thiocarbonyl (C=S) groups is 1. The minimum Gasteiger partial charge on any atom is -0.459 e. The van der Waals surface area contributed by atoms with E-state index in [2.05, 4.69) is 16.0 Å². The zero-order valence-corrected chi connectivity index (χ0v) is 19.7. The zero-order valence-electron chi connectivity index (χ0n) is 18.9. The molecule has 8 heteroatoms. The second-order valence-electron chi connectivity index (χ2n) is 7.97. The maximum absolute atomic E-state index is 12.8. The Morgan fingerprint density at radius 1 is 1.06 bits per heavy atom. The third kappa shape index (κ3) is 5.45. The Morgan fingerprint density at radius 3 is 2.34 bits per heavy atom. The molecule has 168 valence electrons. The lowest BCUT2D eigenvalue weighted by molar-refractivity contribution is -0.143. The summed E-state index contributed by atoms with van der Waals surface area (Å²) in [6.07, 6.45) is -0.235. The first kappa shape index (κ1) is 23.3. The number of urea groups is 1. The van der Waals surface area contributed by atoms with E-state index in [1.54, 1.807) is 17.0 Å². The third-order valence-electron chi connectivity index (χ3n) is 5.09. The zero-order chi connectivity index (χ0) is 23.4. The molecular formula is C24H28N4O3S. The average Bonchev–Trinajstić information content (AvgIpc) is 2.71. The van der Waals surface area contributed by atoms with Crippen molar-refractivity contribution in [1.82, 2.24) is 10.2 Å². The summed E-state index contributed by atoms with van der Waals surface area (Å²) in [5.41, 5.74) is 4.49. The molecule has 0 spiro atoms. The number of ether oxygens (including phenoxy) is 1. The van der Waals surface area contributed by atoms with Gasteiger partial charge in [-0.25, -0.2) is 9.59 Å². The number of carbonyl (C=O) groups excluding carboxylic acids is 2. The summed E-state index contributed by atoms with van der Waals surface area (Å²) in [6.45, 7) is 7.44. The molecule has 3 rings (SSSR count). The van der Waals surface area contributed by atoms with Crippen LogP contribution < -0.4 is 16.0 Å². The predicted octanol–water partition coefficient (Wildman–Crippen LogP) is 4.73. The fraction of sp³-hybridized carbons (Fsp3) is 0.292. The Kier molecular flexibility index (Phi) is 7.15. The van der Waals surface area contributed by atoms with Crippen molar-refractivity contribution in [2.45, 2.75) is 39.8 Å². The van der Waals surface area contributed by atoms with E-state index >= 15 is 0 Å². The molecule has 2 aromatic rings. The van der Waals surface area contributed by atoms with E-state index in [0.29, 0.717) is 16.4 Å². The molecule has 0 radical (unpaired) electrons. The molecule has 2 amide bonds. The Morgan fingerprint density at radius 2 is 1.72 bits per heavy atom. The third-order valence-corrected chi connectivity index (χ3v) is 5.49. The van der Waals surface area contributed by atoms with Gasteiger partial charge in [0.1, 0.15) is 0 Å². The number of rotatable bonds is 5. The van der Waals surface area contributed by atoms with E-state index in [-0.39, 0.29) is 18.1 Å². The molecule has 1 aliphatic rings. The summed E-state index contributed by atoms with van der Waals surface area (Å²) in [5.74, 6) is -0.385. The number of hydrogen-bond acceptors (Lipinski definition) is 4. The lowest BCUT2D eigenvalue weighted by Gasteiger charge is -2.35. The molecule has 1 heterocycles. The number of nitrogens with zero attached hydrogens (tertiary/aromatic N) is 1. The molecule has 2 aromatic carbocycles. The van der Waals surface area contributed by atoms with Gasteiger partial charge in [-0.2, -0.15) is 0 Å². The molecule has 0 saturated carbocycles. The monoisotopic (exact) mass is 452 g/mol. The quantitative estimate of drug-likeness (QED) is 0.450. The maximum Gasteiger partial charge on any atom is 0.338 e. The van der Waals surface area contributed by atoms with Crippen LogP contribution in [0.25, 0.3) is 0 Å². The van der Waals surface area contributed by atoms with Gasteiger partial charge in [0, 0.05) is 24.1 Å². The van der Waals surface area contributed by atoms with Crippen molar-refractivity contribution in [2.75, 3.05) is 17.7 Å². The van der Waals surface area contributed by atoms with Crippen LogP contribution in [-0.2, 0) is 9.53 Å². The van der Waals surface area contributed by atoms with Gasteiger partial charge >= 0.3 is 12.0 Å². The molecule has 3 N–H and O–H groups in total. The predicted molar refractivity (Wildman–Crippen MR) is 130 cm³/mol. The standard InChI is InChI=1S/C24H28N4O3S/c1-14(2)31-22(29)20-16(4)28(5)24(32)27-21(20)17-9-11-18(12-10-17)25-23(30)26-19-8-6-7-15(3)13-19/h6-14,21H,1-5H3,(H,27,32)(H2,25,26,30). The second-order valence-corrected chi connectivity index (χ2v) is 8.35. The molecular weight excluding hydrogens is 424 g/mol. The number of anilines is 2. The van der Waals surface area contributed by atoms with Crippen molar-refractivity contribution in [3.63, 3.8) is 0 Å². The van der Waals surface area contributed by atoms with Gasteiger partial charge in [-0.1, -0.05) is 24.3 Å². The summed E-state index contributed by atoms with van der Waals surface area (Å²) in [7, 11) is 1.81. The molecule has 0 aromatic heterocycles. The van der Waals surface area contributed by atoms with Crippen molar-refractivity contribution in [3.05, 3.63) is 70.9 Å². The highest BCUT2D eigenvalue weighted by molar-refractivity contribution is 7.80.